The third-order valence-electron chi connectivity index (χ3n) is 2.01. The number of aliphatic carboxylic acids is 2. The van der Waals surface area contributed by atoms with Gasteiger partial charge in [-0.05, 0) is 60.9 Å². The van der Waals surface area contributed by atoms with Crippen molar-refractivity contribution in [2.24, 2.45) is 0 Å². The quantitative estimate of drug-likeness (QED) is 0.168. The molecule has 0 amide bonds. The van der Waals surface area contributed by atoms with Gasteiger partial charge in [-0.1, -0.05) is 0 Å². The Morgan fingerprint density at radius 1 is 0.724 bits per heavy atom. The van der Waals surface area contributed by atoms with E-state index in [4.69, 9.17) is 0 Å². The van der Waals surface area contributed by atoms with E-state index in [1.54, 1.807) is 0 Å². The molecule has 0 spiro atoms. The molecule has 29 heavy (non-hydrogen) atoms. The zero-order valence-corrected chi connectivity index (χ0v) is 29.8. The Bertz CT molecular complexity index is 550. The maximum atomic E-state index is 10.2. The van der Waals surface area contributed by atoms with E-state index < -0.39 is 30.0 Å². The van der Waals surface area contributed by atoms with Gasteiger partial charge in [-0.15, -0.1) is 0 Å². The molecule has 0 saturated heterocycles. The van der Waals surface area contributed by atoms with Gasteiger partial charge in [0.25, 0.3) is 0 Å². The van der Waals surface area contributed by atoms with Crippen LogP contribution in [0.4, 0.5) is 0 Å². The molecule has 0 radical (unpaired) electrons. The van der Waals surface area contributed by atoms with Gasteiger partial charge in [-0.3, -0.25) is 8.37 Å². The summed E-state index contributed by atoms with van der Waals surface area (Å²) in [4.78, 5) is 19.7. The van der Waals surface area contributed by atoms with Crippen molar-refractivity contribution in [3.63, 3.8) is 0 Å². The number of rotatable bonds is 12. The van der Waals surface area contributed by atoms with Crippen molar-refractivity contribution in [1.82, 2.24) is 0 Å². The van der Waals surface area contributed by atoms with Crippen molar-refractivity contribution in [3.8, 4) is 0 Å². The third-order valence-corrected chi connectivity index (χ3v) is 3.49. The zero-order chi connectivity index (χ0) is 19.2. The third kappa shape index (κ3) is 59.6. The summed E-state index contributed by atoms with van der Waals surface area (Å²) in [6.45, 7) is -0.141. The van der Waals surface area contributed by atoms with Crippen LogP contribution in [0.2, 0.25) is 0 Å². The number of hydrogen-bond acceptors (Lipinski definition) is 12. The van der Waals surface area contributed by atoms with Crippen molar-refractivity contribution in [2.45, 2.75) is 38.5 Å². The molecule has 0 bridgehead atoms. The first-order valence-electron chi connectivity index (χ1n) is 6.43. The Balaban J connectivity index is -0.0000000364. The minimum atomic E-state index is -3.80. The largest absolute Gasteiger partial charge is 2.00 e. The van der Waals surface area contributed by atoms with Gasteiger partial charge in [0.2, 0.25) is 0 Å². The summed E-state index contributed by atoms with van der Waals surface area (Å²) in [5.41, 5.74) is 0. The minimum Gasteiger partial charge on any atom is -1.00 e. The second-order valence-electron chi connectivity index (χ2n) is 4.12. The zero-order valence-electron chi connectivity index (χ0n) is 19.1. The number of unbranched alkanes of at least 4 members (excludes halogenated alkanes) is 2. The van der Waals surface area contributed by atoms with Crippen molar-refractivity contribution < 1.29 is 167 Å². The van der Waals surface area contributed by atoms with Gasteiger partial charge in [0.05, 0.1) is 31.3 Å². The average molecular weight is 543 g/mol. The summed E-state index contributed by atoms with van der Waals surface area (Å²) in [6.07, 6.45) is 1.13. The number of carbonyl (C=O) groups is 2. The van der Waals surface area contributed by atoms with Gasteiger partial charge in [0.15, 0.2) is 0 Å². The van der Waals surface area contributed by atoms with Gasteiger partial charge in [-0.2, -0.15) is 0 Å². The van der Waals surface area contributed by atoms with Gasteiger partial charge >= 0.3 is 141 Å². The Morgan fingerprint density at radius 3 is 1.14 bits per heavy atom. The maximum Gasteiger partial charge on any atom is 2.00 e. The normalized spacial score (nSPS) is 12.8. The van der Waals surface area contributed by atoms with E-state index in [2.05, 4.69) is 30.7 Å². The topological polar surface area (TPSA) is 179 Å². The first-order chi connectivity index (χ1) is 10.8. The van der Waals surface area contributed by atoms with Crippen LogP contribution >= 0.6 is 0 Å². The van der Waals surface area contributed by atoms with Crippen LogP contribution in [0.25, 0.3) is 0 Å². The second kappa shape index (κ2) is 30.3. The van der Waals surface area contributed by atoms with Gasteiger partial charge < -0.3 is 31.8 Å². The molecule has 0 rings (SSSR count). The predicted molar refractivity (Wildman–Crippen MR) is 90.2 cm³/mol. The monoisotopic (exact) mass is 542 g/mol. The number of carbonyl (C=O) groups excluding carboxylic acids is 2. The average Bonchev–Trinajstić information content (AvgIpc) is 2.35. The molecule has 0 aromatic rings. The first-order valence-corrected chi connectivity index (χ1v) is 11.1. The summed E-state index contributed by atoms with van der Waals surface area (Å²) in [5, 5.41) is 19.7. The molecule has 0 aliphatic heterocycles. The van der Waals surface area contributed by atoms with Crippen LogP contribution in [0.5, 0.6) is 0 Å². The van der Waals surface area contributed by atoms with Crippen molar-refractivity contribution >= 4 is 75.5 Å². The Morgan fingerprint density at radius 2 is 0.966 bits per heavy atom. The van der Waals surface area contributed by atoms with E-state index in [-0.39, 0.29) is 170 Å². The molecule has 0 aromatic carbocycles. The molecule has 0 aliphatic rings. The maximum absolute atomic E-state index is 10.2. The van der Waals surface area contributed by atoms with Crippen LogP contribution in [-0.2, 0) is 58.4 Å². The molecule has 148 valence electrons. The molecule has 0 aromatic heterocycles. The van der Waals surface area contributed by atoms with Crippen molar-refractivity contribution in [3.05, 3.63) is 0 Å². The molecule has 19 heteroatoms. The molecular formula is C10H18MgNa4O10S4. The van der Waals surface area contributed by atoms with Crippen LogP contribution in [0.15, 0.2) is 0 Å². The number of carboxylic acid groups (broad SMARTS) is 2. The predicted octanol–water partition coefficient (Wildman–Crippen LogP) is -14.7. The molecule has 10 nitrogen and oxygen atoms in total. The van der Waals surface area contributed by atoms with Gasteiger partial charge in [0, 0.05) is 11.9 Å². The molecule has 0 aliphatic carbocycles. The van der Waals surface area contributed by atoms with Crippen molar-refractivity contribution in [2.75, 3.05) is 13.2 Å². The van der Waals surface area contributed by atoms with Crippen LogP contribution in [0.1, 0.15) is 41.4 Å². The van der Waals surface area contributed by atoms with Crippen LogP contribution in [0, 0.1) is 0 Å². The SMILES string of the molecule is O=C([O-])CCCCOS(=O)([O-])=S.O=C([O-])CCCCOS(=O)([O-])=S.[H-].[H-].[Mg+2].[Na+].[Na+].[Na+].[Na+]. The molecule has 0 N–H and O–H groups in total. The fourth-order valence-electron chi connectivity index (χ4n) is 1.06. The van der Waals surface area contributed by atoms with Gasteiger partial charge in [-0.25, -0.2) is 8.42 Å². The van der Waals surface area contributed by atoms with Crippen LogP contribution < -0.4 is 128 Å². The van der Waals surface area contributed by atoms with E-state index in [0.717, 1.165) is 0 Å². The van der Waals surface area contributed by atoms with Gasteiger partial charge in [0.1, 0.15) is 0 Å². The summed E-state index contributed by atoms with van der Waals surface area (Å²) in [7, 11) is -7.61. The standard InChI is InChI=1S/2C5H10O5S2.Mg.4Na.2H/c2*6-5(7)3-1-2-4-10-12(8,9)11;;;;;;;/h2*1-4H2,(H,6,7)(H,8,9,11);;;;;;;/q;;+2;4*+1;2*-1/p-4. The van der Waals surface area contributed by atoms with E-state index in [9.17, 15) is 37.3 Å². The van der Waals surface area contributed by atoms with Crippen LogP contribution in [-0.4, -0.2) is 65.7 Å². The Kier molecular flexibility index (Phi) is 52.5. The fraction of sp³-hybridized carbons (Fsp3) is 0.800. The van der Waals surface area contributed by atoms with E-state index in [1.165, 1.54) is 0 Å². The molecule has 2 unspecified atom stereocenters. The summed E-state index contributed by atoms with van der Waals surface area (Å²) >= 11 is 7.81. The second-order valence-corrected chi connectivity index (χ2v) is 8.67. The van der Waals surface area contributed by atoms with E-state index in [0.29, 0.717) is 25.7 Å². The number of hydrogen-bond donors (Lipinski definition) is 0. The summed E-state index contributed by atoms with van der Waals surface area (Å²) in [6, 6.07) is 0. The molecule has 0 saturated carbocycles. The first kappa shape index (κ1) is 50.2. The van der Waals surface area contributed by atoms with E-state index >= 15 is 0 Å². The van der Waals surface area contributed by atoms with Crippen LogP contribution in [0.3, 0.4) is 0 Å². The minimum absolute atomic E-state index is 0. The summed E-state index contributed by atoms with van der Waals surface area (Å²) in [5.74, 6) is -2.31. The fourth-order valence-corrected chi connectivity index (χ4v) is 2.12. The smallest absolute Gasteiger partial charge is 1.00 e. The molecule has 0 heterocycles. The Hall–Kier alpha value is 4.29. The molecule has 0 fully saturated rings. The summed E-state index contributed by atoms with van der Waals surface area (Å²) < 4.78 is 49.1. The number of carboxylic acids is 2. The molecular weight excluding hydrogens is 525 g/mol. The Labute approximate surface area is 288 Å². The molecule has 2 atom stereocenters. The van der Waals surface area contributed by atoms with E-state index in [1.807, 2.05) is 0 Å². The van der Waals surface area contributed by atoms with Crippen molar-refractivity contribution in [1.29, 1.82) is 0 Å².